The summed E-state index contributed by atoms with van der Waals surface area (Å²) in [6, 6.07) is 0. The first-order valence-electron chi connectivity index (χ1n) is 2.80. The van der Waals surface area contributed by atoms with Crippen molar-refractivity contribution in [3.05, 3.63) is 16.1 Å². The van der Waals surface area contributed by atoms with Gasteiger partial charge in [-0.2, -0.15) is 0 Å². The van der Waals surface area contributed by atoms with E-state index in [0.29, 0.717) is 0 Å². The number of thiazole rings is 1. The van der Waals surface area contributed by atoms with Crippen molar-refractivity contribution < 1.29 is 14.7 Å². The quantitative estimate of drug-likeness (QED) is 0.675. The third-order valence-electron chi connectivity index (χ3n) is 1.10. The number of rotatable bonds is 2. The first kappa shape index (κ1) is 7.87. The van der Waals surface area contributed by atoms with Gasteiger partial charge in [-0.25, -0.2) is 9.78 Å². The van der Waals surface area contributed by atoms with Gasteiger partial charge in [0.2, 0.25) is 0 Å². The molecule has 4 nitrogen and oxygen atoms in total. The first-order valence-corrected chi connectivity index (χ1v) is 3.68. The van der Waals surface area contributed by atoms with Crippen LogP contribution in [0.4, 0.5) is 0 Å². The molecule has 0 unspecified atom stereocenters. The van der Waals surface area contributed by atoms with Crippen molar-refractivity contribution in [2.24, 2.45) is 0 Å². The van der Waals surface area contributed by atoms with Crippen molar-refractivity contribution in [3.8, 4) is 0 Å². The van der Waals surface area contributed by atoms with Crippen molar-refractivity contribution in [2.45, 2.75) is 6.92 Å². The van der Waals surface area contributed by atoms with Crippen molar-refractivity contribution in [1.29, 1.82) is 0 Å². The molecule has 58 valence electrons. The number of hydrogen-bond acceptors (Lipinski definition) is 4. The number of nitrogens with zero attached hydrogens (tertiary/aromatic N) is 1. The van der Waals surface area contributed by atoms with E-state index in [9.17, 15) is 9.59 Å². The summed E-state index contributed by atoms with van der Waals surface area (Å²) in [5.74, 6) is -1.42. The molecule has 1 N–H and O–H groups in total. The van der Waals surface area contributed by atoms with Gasteiger partial charge >= 0.3 is 5.97 Å². The van der Waals surface area contributed by atoms with E-state index >= 15 is 0 Å². The highest BCUT2D eigenvalue weighted by Gasteiger charge is 2.15. The summed E-state index contributed by atoms with van der Waals surface area (Å²) < 4.78 is 0. The molecule has 1 rings (SSSR count). The second-order valence-corrected chi connectivity index (χ2v) is 2.75. The Bertz CT molecular complexity index is 276. The number of carboxylic acid groups (broad SMARTS) is 1. The molecule has 0 saturated heterocycles. The van der Waals surface area contributed by atoms with Crippen LogP contribution in [0.2, 0.25) is 0 Å². The summed E-state index contributed by atoms with van der Waals surface area (Å²) in [6.07, 6.45) is 0. The van der Waals surface area contributed by atoms with Crippen molar-refractivity contribution >= 4 is 23.1 Å². The zero-order valence-corrected chi connectivity index (χ0v) is 6.51. The standard InChI is InChI=1S/C6H5NO3S/c1-3(8)4-5(6(9)10)11-2-7-4/h2H,1H3,(H,9,10). The van der Waals surface area contributed by atoms with Crippen molar-refractivity contribution in [3.63, 3.8) is 0 Å². The van der Waals surface area contributed by atoms with Crippen LogP contribution in [0, 0.1) is 0 Å². The second-order valence-electron chi connectivity index (χ2n) is 1.89. The van der Waals surface area contributed by atoms with Gasteiger partial charge in [0.15, 0.2) is 5.78 Å². The van der Waals surface area contributed by atoms with E-state index in [2.05, 4.69) is 4.98 Å². The minimum Gasteiger partial charge on any atom is -0.477 e. The van der Waals surface area contributed by atoms with Gasteiger partial charge in [-0.1, -0.05) is 0 Å². The number of carbonyl (C=O) groups excluding carboxylic acids is 1. The number of carboxylic acids is 1. The molecule has 0 radical (unpaired) electrons. The summed E-state index contributed by atoms with van der Waals surface area (Å²) in [7, 11) is 0. The largest absolute Gasteiger partial charge is 0.477 e. The van der Waals surface area contributed by atoms with Gasteiger partial charge in [0.1, 0.15) is 10.6 Å². The minimum atomic E-state index is -1.10. The van der Waals surface area contributed by atoms with Gasteiger partial charge in [0, 0.05) is 6.92 Å². The van der Waals surface area contributed by atoms with E-state index < -0.39 is 5.97 Å². The van der Waals surface area contributed by atoms with Gasteiger partial charge in [0.25, 0.3) is 0 Å². The van der Waals surface area contributed by atoms with Gasteiger partial charge in [0.05, 0.1) is 5.51 Å². The number of Topliss-reactive ketones (excluding diaryl/α,β-unsaturated/α-hetero) is 1. The molecular weight excluding hydrogens is 166 g/mol. The van der Waals surface area contributed by atoms with Gasteiger partial charge < -0.3 is 5.11 Å². The van der Waals surface area contributed by atoms with Crippen LogP contribution >= 0.6 is 11.3 Å². The number of ketones is 1. The fourth-order valence-electron chi connectivity index (χ4n) is 0.649. The normalized spacial score (nSPS) is 9.55. The van der Waals surface area contributed by atoms with E-state index in [1.54, 1.807) is 0 Å². The van der Waals surface area contributed by atoms with Crippen molar-refractivity contribution in [1.82, 2.24) is 4.98 Å². The van der Waals surface area contributed by atoms with Gasteiger partial charge in [-0.3, -0.25) is 4.79 Å². The van der Waals surface area contributed by atoms with E-state index in [0.717, 1.165) is 11.3 Å². The molecule has 0 spiro atoms. The lowest BCUT2D eigenvalue weighted by molar-refractivity contribution is 0.0697. The number of hydrogen-bond donors (Lipinski definition) is 1. The molecule has 0 atom stereocenters. The predicted molar refractivity (Wildman–Crippen MR) is 39.1 cm³/mol. The molecule has 1 aromatic heterocycles. The highest BCUT2D eigenvalue weighted by atomic mass is 32.1. The summed E-state index contributed by atoms with van der Waals surface area (Å²) in [5.41, 5.74) is 1.39. The Balaban J connectivity index is 3.16. The molecule has 0 amide bonds. The van der Waals surface area contributed by atoms with E-state index in [1.807, 2.05) is 0 Å². The van der Waals surface area contributed by atoms with E-state index in [4.69, 9.17) is 5.11 Å². The Morgan fingerprint density at radius 3 is 2.64 bits per heavy atom. The Morgan fingerprint density at radius 2 is 2.27 bits per heavy atom. The number of carbonyl (C=O) groups is 2. The predicted octanol–water partition coefficient (Wildman–Crippen LogP) is 1.04. The van der Waals surface area contributed by atoms with Gasteiger partial charge in [-0.05, 0) is 0 Å². The Hall–Kier alpha value is -1.23. The summed E-state index contributed by atoms with van der Waals surface area (Å²) in [5, 5.41) is 8.52. The lowest BCUT2D eigenvalue weighted by Gasteiger charge is -1.89. The van der Waals surface area contributed by atoms with Crippen LogP contribution in [0.3, 0.4) is 0 Å². The first-order chi connectivity index (χ1) is 5.13. The second kappa shape index (κ2) is 2.79. The Labute approximate surface area is 66.5 Å². The summed E-state index contributed by atoms with van der Waals surface area (Å²) >= 11 is 0.954. The highest BCUT2D eigenvalue weighted by Crippen LogP contribution is 2.13. The maximum absolute atomic E-state index is 10.7. The molecule has 0 fully saturated rings. The maximum atomic E-state index is 10.7. The molecular formula is C6H5NO3S. The monoisotopic (exact) mass is 171 g/mol. The molecule has 0 aliphatic heterocycles. The number of aromatic nitrogens is 1. The maximum Gasteiger partial charge on any atom is 0.348 e. The third kappa shape index (κ3) is 1.43. The van der Waals surface area contributed by atoms with Crippen LogP contribution in [0.1, 0.15) is 27.1 Å². The SMILES string of the molecule is CC(=O)c1ncsc1C(=O)O. The lowest BCUT2D eigenvalue weighted by atomic mass is 10.3. The Kier molecular flexibility index (Phi) is 2.00. The highest BCUT2D eigenvalue weighted by molar-refractivity contribution is 7.12. The van der Waals surface area contributed by atoms with Crippen molar-refractivity contribution in [2.75, 3.05) is 0 Å². The minimum absolute atomic E-state index is 0.0116. The van der Waals surface area contributed by atoms with E-state index in [1.165, 1.54) is 12.4 Å². The van der Waals surface area contributed by atoms with Crippen LogP contribution in [-0.4, -0.2) is 21.8 Å². The molecule has 5 heteroatoms. The number of aromatic carboxylic acids is 1. The van der Waals surface area contributed by atoms with Crippen LogP contribution in [0.15, 0.2) is 5.51 Å². The van der Waals surface area contributed by atoms with Crippen LogP contribution in [0.5, 0.6) is 0 Å². The molecule has 0 saturated carbocycles. The average Bonchev–Trinajstić information content (AvgIpc) is 2.32. The van der Waals surface area contributed by atoms with Crippen LogP contribution in [-0.2, 0) is 0 Å². The van der Waals surface area contributed by atoms with Crippen LogP contribution < -0.4 is 0 Å². The molecule has 0 aliphatic carbocycles. The fourth-order valence-corrected chi connectivity index (χ4v) is 1.32. The summed E-state index contributed by atoms with van der Waals surface area (Å²) in [4.78, 5) is 24.8. The zero-order valence-electron chi connectivity index (χ0n) is 5.70. The summed E-state index contributed by atoms with van der Waals surface area (Å²) in [6.45, 7) is 1.29. The topological polar surface area (TPSA) is 67.3 Å². The smallest absolute Gasteiger partial charge is 0.348 e. The molecule has 0 aromatic carbocycles. The fraction of sp³-hybridized carbons (Fsp3) is 0.167. The molecule has 11 heavy (non-hydrogen) atoms. The van der Waals surface area contributed by atoms with Gasteiger partial charge in [-0.15, -0.1) is 11.3 Å². The zero-order chi connectivity index (χ0) is 8.43. The van der Waals surface area contributed by atoms with Crippen LogP contribution in [0.25, 0.3) is 0 Å². The lowest BCUT2D eigenvalue weighted by Crippen LogP contribution is -2.02. The molecule has 1 heterocycles. The Morgan fingerprint density at radius 1 is 1.64 bits per heavy atom. The third-order valence-corrected chi connectivity index (χ3v) is 1.91. The molecule has 0 aliphatic rings. The molecule has 1 aromatic rings. The van der Waals surface area contributed by atoms with E-state index in [-0.39, 0.29) is 16.4 Å². The molecule has 0 bridgehead atoms. The average molecular weight is 171 g/mol.